The first-order valence-corrected chi connectivity index (χ1v) is 8.99. The summed E-state index contributed by atoms with van der Waals surface area (Å²) in [5.41, 5.74) is 8.45. The van der Waals surface area contributed by atoms with Gasteiger partial charge in [0.15, 0.2) is 5.82 Å². The molecule has 4 rings (SSSR count). The summed E-state index contributed by atoms with van der Waals surface area (Å²) in [4.78, 5) is 16.8. The summed E-state index contributed by atoms with van der Waals surface area (Å²) in [5, 5.41) is 8.41. The van der Waals surface area contributed by atoms with Crippen LogP contribution in [0.3, 0.4) is 0 Å². The highest BCUT2D eigenvalue weighted by Crippen LogP contribution is 2.36. The highest BCUT2D eigenvalue weighted by molar-refractivity contribution is 6.30. The van der Waals surface area contributed by atoms with Crippen molar-refractivity contribution in [1.82, 2.24) is 14.8 Å². The number of carbonyl (C=O) groups excluding carboxylic acids is 1. The number of nitrogens with zero attached hydrogens (tertiary/aromatic N) is 3. The van der Waals surface area contributed by atoms with Crippen molar-refractivity contribution in [2.75, 3.05) is 12.4 Å². The van der Waals surface area contributed by atoms with E-state index in [9.17, 15) is 4.79 Å². The molecule has 1 atom stereocenters. The van der Waals surface area contributed by atoms with E-state index in [0.717, 1.165) is 16.9 Å². The minimum absolute atomic E-state index is 0.435. The number of anilines is 1. The number of ether oxygens (including phenoxy) is 1. The predicted molar refractivity (Wildman–Crippen MR) is 107 cm³/mol. The second-order valence-corrected chi connectivity index (χ2v) is 6.85. The summed E-state index contributed by atoms with van der Waals surface area (Å²) >= 11 is 5.97. The molecule has 0 radical (unpaired) electrons. The summed E-state index contributed by atoms with van der Waals surface area (Å²) < 4.78 is 6.91. The fraction of sp³-hybridized carbons (Fsp3) is 0.150. The third-order valence-corrected chi connectivity index (χ3v) is 4.90. The van der Waals surface area contributed by atoms with E-state index in [0.29, 0.717) is 28.1 Å². The highest BCUT2D eigenvalue weighted by Gasteiger charge is 2.33. The maximum atomic E-state index is 12.2. The van der Waals surface area contributed by atoms with E-state index in [1.807, 2.05) is 36.4 Å². The Kier molecular flexibility index (Phi) is 4.52. The van der Waals surface area contributed by atoms with Crippen LogP contribution < -0.4 is 15.8 Å². The number of amides is 1. The summed E-state index contributed by atoms with van der Waals surface area (Å²) in [6.45, 7) is 1.80. The number of rotatable bonds is 4. The average Bonchev–Trinajstić information content (AvgIpc) is 3.10. The molecule has 0 saturated heterocycles. The van der Waals surface area contributed by atoms with Crippen LogP contribution in [0.5, 0.6) is 5.75 Å². The van der Waals surface area contributed by atoms with Crippen molar-refractivity contribution in [3.63, 3.8) is 0 Å². The smallest absolute Gasteiger partial charge is 0.248 e. The van der Waals surface area contributed by atoms with Crippen molar-refractivity contribution in [1.29, 1.82) is 0 Å². The standard InChI is InChI=1S/C20H18ClN5O2/c1-11-16(18(22)27)17(12-5-9-15(28-2)10-6-12)26-20(23-11)24-19(25-26)13-3-7-14(21)8-4-13/h3-10,17H,1-2H3,(H2,22,27)(H,23,24,25). The van der Waals surface area contributed by atoms with E-state index in [1.165, 1.54) is 0 Å². The molecule has 0 saturated carbocycles. The number of primary amides is 1. The molecule has 3 aromatic rings. The van der Waals surface area contributed by atoms with Gasteiger partial charge in [0, 0.05) is 16.3 Å². The van der Waals surface area contributed by atoms with Crippen molar-refractivity contribution in [3.8, 4) is 17.1 Å². The molecule has 0 aliphatic carbocycles. The van der Waals surface area contributed by atoms with Gasteiger partial charge >= 0.3 is 0 Å². The molecule has 1 aliphatic rings. The number of nitrogens with two attached hydrogens (primary N) is 1. The molecule has 1 aliphatic heterocycles. The maximum Gasteiger partial charge on any atom is 0.248 e. The third kappa shape index (κ3) is 3.10. The number of benzene rings is 2. The van der Waals surface area contributed by atoms with Crippen LogP contribution in [0.25, 0.3) is 11.4 Å². The number of hydrogen-bond acceptors (Lipinski definition) is 5. The van der Waals surface area contributed by atoms with Crippen molar-refractivity contribution in [3.05, 3.63) is 70.4 Å². The zero-order valence-corrected chi connectivity index (χ0v) is 16.1. The molecule has 0 spiro atoms. The van der Waals surface area contributed by atoms with E-state index in [2.05, 4.69) is 15.4 Å². The summed E-state index contributed by atoms with van der Waals surface area (Å²) in [5.74, 6) is 1.27. The van der Waals surface area contributed by atoms with E-state index >= 15 is 0 Å². The average molecular weight is 396 g/mol. The number of fused-ring (bicyclic) bond motifs is 1. The van der Waals surface area contributed by atoms with Gasteiger partial charge in [0.2, 0.25) is 11.9 Å². The molecule has 0 bridgehead atoms. The fourth-order valence-corrected chi connectivity index (χ4v) is 3.41. The van der Waals surface area contributed by atoms with Crippen LogP contribution in [0.4, 0.5) is 5.95 Å². The van der Waals surface area contributed by atoms with Gasteiger partial charge in [0.1, 0.15) is 11.8 Å². The number of nitrogens with one attached hydrogen (secondary N) is 1. The number of carbonyl (C=O) groups is 1. The normalized spacial score (nSPS) is 15.8. The first-order valence-electron chi connectivity index (χ1n) is 8.62. The van der Waals surface area contributed by atoms with Crippen LogP contribution in [0.15, 0.2) is 59.8 Å². The fourth-order valence-electron chi connectivity index (χ4n) is 3.29. The lowest BCUT2D eigenvalue weighted by Crippen LogP contribution is -2.31. The number of hydrogen-bond donors (Lipinski definition) is 2. The van der Waals surface area contributed by atoms with Crippen molar-refractivity contribution in [2.45, 2.75) is 13.0 Å². The van der Waals surface area contributed by atoms with Gasteiger partial charge in [-0.1, -0.05) is 23.7 Å². The van der Waals surface area contributed by atoms with Crippen LogP contribution in [-0.4, -0.2) is 27.8 Å². The summed E-state index contributed by atoms with van der Waals surface area (Å²) in [6.07, 6.45) is 0. The Hall–Kier alpha value is -3.32. The summed E-state index contributed by atoms with van der Waals surface area (Å²) in [7, 11) is 1.60. The quantitative estimate of drug-likeness (QED) is 0.706. The Morgan fingerprint density at radius 3 is 2.46 bits per heavy atom. The van der Waals surface area contributed by atoms with Crippen LogP contribution in [-0.2, 0) is 4.79 Å². The molecule has 8 heteroatoms. The van der Waals surface area contributed by atoms with Gasteiger partial charge in [0.25, 0.3) is 0 Å². The van der Waals surface area contributed by atoms with Crippen LogP contribution >= 0.6 is 11.6 Å². The maximum absolute atomic E-state index is 12.2. The van der Waals surface area contributed by atoms with E-state index in [1.54, 1.807) is 30.8 Å². The summed E-state index contributed by atoms with van der Waals surface area (Å²) in [6, 6.07) is 14.2. The Balaban J connectivity index is 1.84. The van der Waals surface area contributed by atoms with Gasteiger partial charge in [-0.15, -0.1) is 5.10 Å². The molecular formula is C20H18ClN5O2. The lowest BCUT2D eigenvalue weighted by atomic mass is 9.95. The third-order valence-electron chi connectivity index (χ3n) is 4.65. The Morgan fingerprint density at radius 1 is 1.18 bits per heavy atom. The van der Waals surface area contributed by atoms with Gasteiger partial charge in [-0.05, 0) is 48.9 Å². The molecule has 2 heterocycles. The SMILES string of the molecule is COc1ccc(C2C(C(N)=O)=C(C)Nc3nc(-c4ccc(Cl)cc4)nn32)cc1. The molecule has 0 fully saturated rings. The second-order valence-electron chi connectivity index (χ2n) is 6.41. The van der Waals surface area contributed by atoms with Gasteiger partial charge in [-0.3, -0.25) is 4.79 Å². The van der Waals surface area contributed by atoms with Gasteiger partial charge in [-0.2, -0.15) is 4.98 Å². The number of halogens is 1. The van der Waals surface area contributed by atoms with Crippen molar-refractivity contribution < 1.29 is 9.53 Å². The molecule has 28 heavy (non-hydrogen) atoms. The number of allylic oxidation sites excluding steroid dienone is 1. The zero-order chi connectivity index (χ0) is 19.8. The Bertz CT molecular complexity index is 1070. The van der Waals surface area contributed by atoms with Crippen LogP contribution in [0, 0.1) is 0 Å². The second kappa shape index (κ2) is 7.01. The van der Waals surface area contributed by atoms with Crippen LogP contribution in [0.2, 0.25) is 5.02 Å². The molecule has 1 unspecified atom stereocenters. The zero-order valence-electron chi connectivity index (χ0n) is 15.3. The number of aromatic nitrogens is 3. The van der Waals surface area contributed by atoms with Gasteiger partial charge in [0.05, 0.1) is 12.7 Å². The Morgan fingerprint density at radius 2 is 1.86 bits per heavy atom. The highest BCUT2D eigenvalue weighted by atomic mass is 35.5. The first-order chi connectivity index (χ1) is 13.5. The largest absolute Gasteiger partial charge is 0.497 e. The van der Waals surface area contributed by atoms with E-state index in [-0.39, 0.29) is 0 Å². The molecular weight excluding hydrogens is 378 g/mol. The molecule has 1 amide bonds. The topological polar surface area (TPSA) is 95.1 Å². The van der Waals surface area contributed by atoms with Crippen LogP contribution in [0.1, 0.15) is 18.5 Å². The van der Waals surface area contributed by atoms with Crippen molar-refractivity contribution in [2.24, 2.45) is 5.73 Å². The van der Waals surface area contributed by atoms with Gasteiger partial charge in [-0.25, -0.2) is 4.68 Å². The molecule has 7 nitrogen and oxygen atoms in total. The minimum Gasteiger partial charge on any atom is -0.497 e. The van der Waals surface area contributed by atoms with E-state index in [4.69, 9.17) is 22.1 Å². The Labute approximate surface area is 166 Å². The molecule has 2 aromatic carbocycles. The molecule has 3 N–H and O–H groups in total. The monoisotopic (exact) mass is 395 g/mol. The minimum atomic E-state index is -0.514. The lowest BCUT2D eigenvalue weighted by molar-refractivity contribution is -0.115. The lowest BCUT2D eigenvalue weighted by Gasteiger charge is -2.27. The van der Waals surface area contributed by atoms with Gasteiger partial charge < -0.3 is 15.8 Å². The predicted octanol–water partition coefficient (Wildman–Crippen LogP) is 3.38. The van der Waals surface area contributed by atoms with E-state index < -0.39 is 11.9 Å². The number of methoxy groups -OCH3 is 1. The first kappa shape index (κ1) is 18.1. The van der Waals surface area contributed by atoms with Crippen molar-refractivity contribution >= 4 is 23.5 Å². The molecule has 142 valence electrons. The molecule has 1 aromatic heterocycles.